The number of piperidine rings is 1. The van der Waals surface area contributed by atoms with Gasteiger partial charge in [0.05, 0.1) is 0 Å². The second kappa shape index (κ2) is 9.47. The van der Waals surface area contributed by atoms with Gasteiger partial charge >= 0.3 is 0 Å². The van der Waals surface area contributed by atoms with Gasteiger partial charge in [-0.15, -0.1) is 0 Å². The van der Waals surface area contributed by atoms with Gasteiger partial charge < -0.3 is 10.2 Å². The molecule has 3 rings (SSSR count). The zero-order chi connectivity index (χ0) is 20.9. The summed E-state index contributed by atoms with van der Waals surface area (Å²) >= 11 is 0. The van der Waals surface area contributed by atoms with E-state index in [2.05, 4.69) is 15.2 Å². The maximum absolute atomic E-state index is 12.7. The molecule has 1 aromatic heterocycles. The number of benzene rings is 1. The van der Waals surface area contributed by atoms with Gasteiger partial charge in [-0.05, 0) is 63.2 Å². The van der Waals surface area contributed by atoms with E-state index in [1.165, 1.54) is 16.1 Å². The van der Waals surface area contributed by atoms with Gasteiger partial charge in [-0.25, -0.2) is 8.42 Å². The van der Waals surface area contributed by atoms with Gasteiger partial charge in [-0.2, -0.15) is 4.31 Å². The Kier molecular flexibility index (Phi) is 7.00. The van der Waals surface area contributed by atoms with Crippen LogP contribution in [0.4, 0.5) is 5.69 Å². The van der Waals surface area contributed by atoms with Crippen molar-refractivity contribution >= 4 is 21.6 Å². The lowest BCUT2D eigenvalue weighted by atomic mass is 9.97. The summed E-state index contributed by atoms with van der Waals surface area (Å²) in [6, 6.07) is 11.1. The first kappa shape index (κ1) is 21.4. The number of aromatic nitrogens is 1. The Balaban J connectivity index is 1.52. The van der Waals surface area contributed by atoms with Gasteiger partial charge in [0.15, 0.2) is 0 Å². The quantitative estimate of drug-likeness (QED) is 0.748. The zero-order valence-corrected chi connectivity index (χ0v) is 17.7. The third-order valence-electron chi connectivity index (χ3n) is 5.17. The standard InChI is InChI=1S/C21H28N4O3S/c1-24(2)13-9-17-5-7-19(8-6-17)23-21(26)18-10-14-25(15-11-18)29(27,28)20-4-3-12-22-16-20/h3-8,12,16,18H,9-11,13-15H2,1-2H3,(H,23,26). The summed E-state index contributed by atoms with van der Waals surface area (Å²) in [7, 11) is 0.536. The molecule has 7 nitrogen and oxygen atoms in total. The summed E-state index contributed by atoms with van der Waals surface area (Å²) in [5, 5.41) is 2.96. The van der Waals surface area contributed by atoms with Crippen molar-refractivity contribution in [3.8, 4) is 0 Å². The van der Waals surface area contributed by atoms with Gasteiger partial charge in [-0.1, -0.05) is 12.1 Å². The molecule has 1 aliphatic heterocycles. The molecule has 8 heteroatoms. The van der Waals surface area contributed by atoms with Crippen LogP contribution < -0.4 is 5.32 Å². The van der Waals surface area contributed by atoms with Gasteiger partial charge in [0.1, 0.15) is 4.90 Å². The number of pyridine rings is 1. The Bertz CT molecular complexity index is 907. The molecule has 1 amide bonds. The lowest BCUT2D eigenvalue weighted by Crippen LogP contribution is -2.41. The number of anilines is 1. The second-order valence-electron chi connectivity index (χ2n) is 7.61. The van der Waals surface area contributed by atoms with Crippen LogP contribution in [0.1, 0.15) is 18.4 Å². The Morgan fingerprint density at radius 3 is 2.45 bits per heavy atom. The Morgan fingerprint density at radius 2 is 1.86 bits per heavy atom. The highest BCUT2D eigenvalue weighted by Gasteiger charge is 2.32. The fraction of sp³-hybridized carbons (Fsp3) is 0.429. The first-order valence-corrected chi connectivity index (χ1v) is 11.2. The van der Waals surface area contributed by atoms with Crippen LogP contribution in [0.15, 0.2) is 53.7 Å². The van der Waals surface area contributed by atoms with Crippen molar-refractivity contribution in [2.45, 2.75) is 24.2 Å². The summed E-state index contributed by atoms with van der Waals surface area (Å²) in [4.78, 5) is 18.8. The van der Waals surface area contributed by atoms with Gasteiger partial charge in [0.2, 0.25) is 15.9 Å². The van der Waals surface area contributed by atoms with Crippen LogP contribution in [0, 0.1) is 5.92 Å². The SMILES string of the molecule is CN(C)CCc1ccc(NC(=O)C2CCN(S(=O)(=O)c3cccnc3)CC2)cc1. The van der Waals surface area contributed by atoms with Crippen molar-refractivity contribution in [3.05, 3.63) is 54.4 Å². The number of nitrogens with zero attached hydrogens (tertiary/aromatic N) is 3. The number of rotatable bonds is 7. The maximum Gasteiger partial charge on any atom is 0.244 e. The minimum Gasteiger partial charge on any atom is -0.326 e. The summed E-state index contributed by atoms with van der Waals surface area (Å²) in [5.41, 5.74) is 2.00. The van der Waals surface area contributed by atoms with Crippen molar-refractivity contribution in [3.63, 3.8) is 0 Å². The van der Waals surface area contributed by atoms with Gasteiger partial charge in [0, 0.05) is 43.6 Å². The number of amides is 1. The molecule has 0 spiro atoms. The molecule has 1 aliphatic rings. The molecule has 0 radical (unpaired) electrons. The molecule has 0 unspecified atom stereocenters. The first-order chi connectivity index (χ1) is 13.9. The molecule has 0 bridgehead atoms. The largest absolute Gasteiger partial charge is 0.326 e. The molecule has 0 aliphatic carbocycles. The molecule has 0 saturated carbocycles. The molecular weight excluding hydrogens is 388 g/mol. The van der Waals surface area contributed by atoms with Crippen molar-refractivity contribution in [1.29, 1.82) is 0 Å². The van der Waals surface area contributed by atoms with Crippen molar-refractivity contribution in [2.24, 2.45) is 5.92 Å². The fourth-order valence-electron chi connectivity index (χ4n) is 3.36. The second-order valence-corrected chi connectivity index (χ2v) is 9.54. The van der Waals surface area contributed by atoms with Crippen molar-refractivity contribution in [2.75, 3.05) is 39.0 Å². The molecule has 2 heterocycles. The Morgan fingerprint density at radius 1 is 1.17 bits per heavy atom. The number of carbonyl (C=O) groups is 1. The monoisotopic (exact) mass is 416 g/mol. The summed E-state index contributed by atoms with van der Waals surface area (Å²) < 4.78 is 26.8. The third-order valence-corrected chi connectivity index (χ3v) is 7.05. The maximum atomic E-state index is 12.7. The summed E-state index contributed by atoms with van der Waals surface area (Å²) in [6.45, 7) is 1.64. The van der Waals surface area contributed by atoms with Crippen molar-refractivity contribution in [1.82, 2.24) is 14.2 Å². The van der Waals surface area contributed by atoms with E-state index >= 15 is 0 Å². The van der Waals surface area contributed by atoms with E-state index in [9.17, 15) is 13.2 Å². The first-order valence-electron chi connectivity index (χ1n) is 9.81. The average Bonchev–Trinajstić information content (AvgIpc) is 2.74. The molecule has 1 saturated heterocycles. The average molecular weight is 417 g/mol. The van der Waals surface area contributed by atoms with Crippen LogP contribution in [0.3, 0.4) is 0 Å². The normalized spacial score (nSPS) is 16.1. The van der Waals surface area contributed by atoms with Crippen LogP contribution >= 0.6 is 0 Å². The van der Waals surface area contributed by atoms with Crippen LogP contribution in [0.5, 0.6) is 0 Å². The number of hydrogen-bond acceptors (Lipinski definition) is 5. The summed E-state index contributed by atoms with van der Waals surface area (Å²) in [6.07, 6.45) is 4.88. The molecule has 2 aromatic rings. The number of sulfonamides is 1. The highest BCUT2D eigenvalue weighted by molar-refractivity contribution is 7.89. The van der Waals surface area contributed by atoms with Crippen molar-refractivity contribution < 1.29 is 13.2 Å². The van der Waals surface area contributed by atoms with E-state index in [0.717, 1.165) is 18.7 Å². The molecular formula is C21H28N4O3S. The zero-order valence-electron chi connectivity index (χ0n) is 16.9. The lowest BCUT2D eigenvalue weighted by molar-refractivity contribution is -0.120. The molecule has 156 valence electrons. The lowest BCUT2D eigenvalue weighted by Gasteiger charge is -2.30. The number of carbonyl (C=O) groups excluding carboxylic acids is 1. The molecule has 1 fully saturated rings. The molecule has 29 heavy (non-hydrogen) atoms. The van der Waals surface area contributed by atoms with Gasteiger partial charge in [0.25, 0.3) is 0 Å². The number of hydrogen-bond donors (Lipinski definition) is 1. The van der Waals surface area contributed by atoms with E-state index in [4.69, 9.17) is 0 Å². The summed E-state index contributed by atoms with van der Waals surface area (Å²) in [5.74, 6) is -0.242. The van der Waals surface area contributed by atoms with Crippen LogP contribution in [0.25, 0.3) is 0 Å². The van der Waals surface area contributed by atoms with Gasteiger partial charge in [-0.3, -0.25) is 9.78 Å². The molecule has 1 N–H and O–H groups in total. The minimum atomic E-state index is -3.55. The number of likely N-dealkylation sites (N-methyl/N-ethyl adjacent to an activating group) is 1. The van der Waals surface area contributed by atoms with Crippen LogP contribution in [-0.2, 0) is 21.2 Å². The Hall–Kier alpha value is -2.29. The van der Waals surface area contributed by atoms with E-state index in [0.29, 0.717) is 25.9 Å². The van der Waals surface area contributed by atoms with E-state index < -0.39 is 10.0 Å². The van der Waals surface area contributed by atoms with Crippen LogP contribution in [-0.4, -0.2) is 62.2 Å². The highest BCUT2D eigenvalue weighted by atomic mass is 32.2. The predicted molar refractivity (Wildman–Crippen MR) is 113 cm³/mol. The fourth-order valence-corrected chi connectivity index (χ4v) is 4.79. The van der Waals surface area contributed by atoms with E-state index in [1.54, 1.807) is 18.3 Å². The smallest absolute Gasteiger partial charge is 0.244 e. The number of nitrogens with one attached hydrogen (secondary N) is 1. The van der Waals surface area contributed by atoms with Crippen LogP contribution in [0.2, 0.25) is 0 Å². The molecule has 0 atom stereocenters. The third kappa shape index (κ3) is 5.62. The minimum absolute atomic E-state index is 0.0514. The predicted octanol–water partition coefficient (Wildman–Crippen LogP) is 2.23. The topological polar surface area (TPSA) is 82.6 Å². The van der Waals surface area contributed by atoms with E-state index in [1.807, 2.05) is 38.4 Å². The molecule has 1 aromatic carbocycles. The highest BCUT2D eigenvalue weighted by Crippen LogP contribution is 2.24. The Labute approximate surface area is 172 Å². The van der Waals surface area contributed by atoms with E-state index in [-0.39, 0.29) is 16.7 Å².